The standard InChI is InChI=1S/C16H16N4O4/c17-5-3-13(21)24-10-2-1-9(7-10)20-14-11-4-6-18-15(11)19-8-12(14)16(22)23/h4,6,8-10H,1-3,7H2,(H,22,23)(H2,18,19,20). The molecular formula is C16H16N4O4. The smallest absolute Gasteiger partial charge is 0.339 e. The van der Waals surface area contributed by atoms with E-state index in [1.165, 1.54) is 6.20 Å². The van der Waals surface area contributed by atoms with Crippen molar-refractivity contribution in [3.05, 3.63) is 24.0 Å². The molecule has 0 saturated heterocycles. The normalized spacial score (nSPS) is 19.8. The number of nitrogens with zero attached hydrogens (tertiary/aromatic N) is 2. The maximum atomic E-state index is 11.5. The number of carbonyl (C=O) groups is 2. The van der Waals surface area contributed by atoms with E-state index in [0.29, 0.717) is 29.6 Å². The molecule has 1 aliphatic carbocycles. The zero-order chi connectivity index (χ0) is 17.1. The molecule has 8 nitrogen and oxygen atoms in total. The van der Waals surface area contributed by atoms with Gasteiger partial charge in [0.25, 0.3) is 0 Å². The maximum Gasteiger partial charge on any atom is 0.339 e. The topological polar surface area (TPSA) is 128 Å². The van der Waals surface area contributed by atoms with E-state index in [4.69, 9.17) is 10.00 Å². The van der Waals surface area contributed by atoms with Crippen molar-refractivity contribution >= 4 is 28.7 Å². The Balaban J connectivity index is 1.75. The van der Waals surface area contributed by atoms with Gasteiger partial charge in [0.05, 0.1) is 11.8 Å². The predicted molar refractivity (Wildman–Crippen MR) is 84.4 cm³/mol. The summed E-state index contributed by atoms with van der Waals surface area (Å²) >= 11 is 0. The monoisotopic (exact) mass is 328 g/mol. The van der Waals surface area contributed by atoms with Crippen molar-refractivity contribution in [2.75, 3.05) is 5.32 Å². The number of carbonyl (C=O) groups excluding carboxylic acids is 1. The molecule has 1 aliphatic rings. The van der Waals surface area contributed by atoms with Crippen molar-refractivity contribution in [2.24, 2.45) is 0 Å². The summed E-state index contributed by atoms with van der Waals surface area (Å²) in [5, 5.41) is 21.8. The first-order chi connectivity index (χ1) is 11.6. The highest BCUT2D eigenvalue weighted by molar-refractivity contribution is 6.03. The van der Waals surface area contributed by atoms with E-state index in [-0.39, 0.29) is 24.1 Å². The summed E-state index contributed by atoms with van der Waals surface area (Å²) in [5.74, 6) is -1.57. The number of hydrogen-bond acceptors (Lipinski definition) is 6. The van der Waals surface area contributed by atoms with Gasteiger partial charge in [-0.1, -0.05) is 0 Å². The lowest BCUT2D eigenvalue weighted by atomic mass is 10.1. The van der Waals surface area contributed by atoms with Gasteiger partial charge in [-0.2, -0.15) is 5.26 Å². The van der Waals surface area contributed by atoms with Gasteiger partial charge in [0, 0.05) is 30.2 Å². The molecule has 1 saturated carbocycles. The van der Waals surface area contributed by atoms with Crippen molar-refractivity contribution in [3.63, 3.8) is 0 Å². The van der Waals surface area contributed by atoms with Crippen molar-refractivity contribution in [2.45, 2.75) is 37.8 Å². The molecule has 2 aromatic heterocycles. The quantitative estimate of drug-likeness (QED) is 0.716. The van der Waals surface area contributed by atoms with Crippen LogP contribution in [0, 0.1) is 11.3 Å². The van der Waals surface area contributed by atoms with Crippen molar-refractivity contribution < 1.29 is 19.4 Å². The molecule has 2 heterocycles. The van der Waals surface area contributed by atoms with Gasteiger partial charge in [-0.3, -0.25) is 4.79 Å². The van der Waals surface area contributed by atoms with Crippen LogP contribution in [0.3, 0.4) is 0 Å². The minimum atomic E-state index is -1.05. The molecular weight excluding hydrogens is 312 g/mol. The Morgan fingerprint density at radius 1 is 1.50 bits per heavy atom. The molecule has 2 unspecified atom stereocenters. The minimum absolute atomic E-state index is 0.0107. The third kappa shape index (κ3) is 3.15. The molecule has 0 spiro atoms. The van der Waals surface area contributed by atoms with Crippen LogP contribution < -0.4 is 5.32 Å². The molecule has 0 aliphatic heterocycles. The van der Waals surface area contributed by atoms with Crippen LogP contribution in [0.25, 0.3) is 11.0 Å². The van der Waals surface area contributed by atoms with Crippen molar-refractivity contribution in [1.29, 1.82) is 5.26 Å². The average molecular weight is 328 g/mol. The number of aromatic amines is 1. The average Bonchev–Trinajstić information content (AvgIpc) is 3.16. The SMILES string of the molecule is N#CCC(=O)OC1CCC(Nc2c(C(=O)O)cnc3[nH]ccc23)C1. The zero-order valence-corrected chi connectivity index (χ0v) is 12.8. The van der Waals surface area contributed by atoms with E-state index in [1.807, 2.05) is 0 Å². The van der Waals surface area contributed by atoms with Crippen LogP contribution in [0.15, 0.2) is 18.5 Å². The largest absolute Gasteiger partial charge is 0.478 e. The minimum Gasteiger partial charge on any atom is -0.478 e. The number of rotatable bonds is 5. The molecule has 0 amide bonds. The number of fused-ring (bicyclic) bond motifs is 1. The third-order valence-corrected chi connectivity index (χ3v) is 4.07. The number of hydrogen-bond donors (Lipinski definition) is 3. The van der Waals surface area contributed by atoms with E-state index in [2.05, 4.69) is 15.3 Å². The molecule has 1 fully saturated rings. The van der Waals surface area contributed by atoms with Crippen LogP contribution in [0.2, 0.25) is 0 Å². The Bertz CT molecular complexity index is 823. The van der Waals surface area contributed by atoms with Crippen LogP contribution in [0.5, 0.6) is 0 Å². The molecule has 0 aromatic carbocycles. The molecule has 3 rings (SSSR count). The molecule has 124 valence electrons. The molecule has 0 radical (unpaired) electrons. The summed E-state index contributed by atoms with van der Waals surface area (Å²) in [5.41, 5.74) is 1.23. The van der Waals surface area contributed by atoms with Gasteiger partial charge in [0.15, 0.2) is 0 Å². The van der Waals surface area contributed by atoms with Gasteiger partial charge < -0.3 is 20.1 Å². The fourth-order valence-electron chi connectivity index (χ4n) is 3.00. The summed E-state index contributed by atoms with van der Waals surface area (Å²) in [7, 11) is 0. The van der Waals surface area contributed by atoms with Gasteiger partial charge in [-0.15, -0.1) is 0 Å². The molecule has 8 heteroatoms. The van der Waals surface area contributed by atoms with Crippen LogP contribution in [0.1, 0.15) is 36.0 Å². The van der Waals surface area contributed by atoms with E-state index < -0.39 is 11.9 Å². The number of esters is 1. The third-order valence-electron chi connectivity index (χ3n) is 4.07. The van der Waals surface area contributed by atoms with Gasteiger partial charge in [0.2, 0.25) is 0 Å². The van der Waals surface area contributed by atoms with Crippen LogP contribution in [0.4, 0.5) is 5.69 Å². The fourth-order valence-corrected chi connectivity index (χ4v) is 3.00. The number of nitrogens with one attached hydrogen (secondary N) is 2. The highest BCUT2D eigenvalue weighted by Crippen LogP contribution is 2.31. The fraction of sp³-hybridized carbons (Fsp3) is 0.375. The molecule has 0 bridgehead atoms. The first-order valence-electron chi connectivity index (χ1n) is 7.61. The Morgan fingerprint density at radius 3 is 3.08 bits per heavy atom. The Hall–Kier alpha value is -3.08. The second kappa shape index (κ2) is 6.58. The van der Waals surface area contributed by atoms with Crippen molar-refractivity contribution in [3.8, 4) is 6.07 Å². The molecule has 2 aromatic rings. The Labute approximate surface area is 137 Å². The van der Waals surface area contributed by atoms with Crippen LogP contribution >= 0.6 is 0 Å². The number of carboxylic acids is 1. The van der Waals surface area contributed by atoms with E-state index in [0.717, 1.165) is 6.42 Å². The number of aromatic carboxylic acids is 1. The molecule has 2 atom stereocenters. The number of ether oxygens (including phenoxy) is 1. The van der Waals surface area contributed by atoms with E-state index >= 15 is 0 Å². The van der Waals surface area contributed by atoms with Crippen molar-refractivity contribution in [1.82, 2.24) is 9.97 Å². The van der Waals surface area contributed by atoms with Crippen LogP contribution in [-0.4, -0.2) is 39.2 Å². The summed E-state index contributed by atoms with van der Waals surface area (Å²) in [4.78, 5) is 29.9. The van der Waals surface area contributed by atoms with Crippen LogP contribution in [-0.2, 0) is 9.53 Å². The van der Waals surface area contributed by atoms with E-state index in [1.54, 1.807) is 18.3 Å². The second-order valence-electron chi connectivity index (χ2n) is 5.69. The lowest BCUT2D eigenvalue weighted by Crippen LogP contribution is -2.21. The molecule has 3 N–H and O–H groups in total. The van der Waals surface area contributed by atoms with Gasteiger partial charge in [-0.05, 0) is 18.9 Å². The second-order valence-corrected chi connectivity index (χ2v) is 5.69. The van der Waals surface area contributed by atoms with Gasteiger partial charge in [0.1, 0.15) is 23.7 Å². The highest BCUT2D eigenvalue weighted by atomic mass is 16.5. The number of H-pyrrole nitrogens is 1. The number of nitriles is 1. The zero-order valence-electron chi connectivity index (χ0n) is 12.8. The number of aromatic nitrogens is 2. The number of anilines is 1. The number of pyridine rings is 1. The number of carboxylic acid groups (broad SMARTS) is 1. The lowest BCUT2D eigenvalue weighted by Gasteiger charge is -2.17. The summed E-state index contributed by atoms with van der Waals surface area (Å²) in [6.45, 7) is 0. The maximum absolute atomic E-state index is 11.5. The lowest BCUT2D eigenvalue weighted by molar-refractivity contribution is -0.147. The van der Waals surface area contributed by atoms with Gasteiger partial charge >= 0.3 is 11.9 Å². The summed E-state index contributed by atoms with van der Waals surface area (Å²) < 4.78 is 5.23. The molecule has 24 heavy (non-hydrogen) atoms. The Kier molecular flexibility index (Phi) is 4.33. The Morgan fingerprint density at radius 2 is 2.33 bits per heavy atom. The first kappa shape index (κ1) is 15.8. The predicted octanol–water partition coefficient (Wildman–Crippen LogP) is 2.05. The first-order valence-corrected chi connectivity index (χ1v) is 7.61. The van der Waals surface area contributed by atoms with E-state index in [9.17, 15) is 14.7 Å². The summed E-state index contributed by atoms with van der Waals surface area (Å²) in [6, 6.07) is 3.53. The summed E-state index contributed by atoms with van der Waals surface area (Å²) in [6.07, 6.45) is 4.52. The van der Waals surface area contributed by atoms with Gasteiger partial charge in [-0.25, -0.2) is 9.78 Å². The highest BCUT2D eigenvalue weighted by Gasteiger charge is 2.29.